The van der Waals surface area contributed by atoms with E-state index in [-0.39, 0.29) is 0 Å². The van der Waals surface area contributed by atoms with Crippen LogP contribution in [0.25, 0.3) is 0 Å². The first-order valence-electron chi connectivity index (χ1n) is 4.26. The first-order chi connectivity index (χ1) is 4.50. The van der Waals surface area contributed by atoms with Crippen molar-refractivity contribution in [2.24, 2.45) is 17.1 Å². The lowest BCUT2D eigenvalue weighted by Gasteiger charge is -2.26. The van der Waals surface area contributed by atoms with Crippen LogP contribution in [-0.4, -0.2) is 6.04 Å². The van der Waals surface area contributed by atoms with Gasteiger partial charge in [-0.25, -0.2) is 0 Å². The maximum atomic E-state index is 5.82. The van der Waals surface area contributed by atoms with E-state index in [1.165, 1.54) is 19.3 Å². The topological polar surface area (TPSA) is 26.0 Å². The molecule has 1 aliphatic carbocycles. The van der Waals surface area contributed by atoms with Crippen molar-refractivity contribution in [2.75, 3.05) is 0 Å². The number of rotatable bonds is 0. The number of hydrogen-bond acceptors (Lipinski definition) is 1. The smallest absolute Gasteiger partial charge is 0.00417 e. The Balaban J connectivity index is 2.45. The van der Waals surface area contributed by atoms with E-state index in [4.69, 9.17) is 5.73 Å². The lowest BCUT2D eigenvalue weighted by Crippen LogP contribution is -2.21. The molecule has 0 aromatic rings. The summed E-state index contributed by atoms with van der Waals surface area (Å²) in [6.45, 7) is 6.95. The first-order valence-corrected chi connectivity index (χ1v) is 4.26. The molecule has 0 bridgehead atoms. The Morgan fingerprint density at radius 2 is 1.80 bits per heavy atom. The molecule has 2 N–H and O–H groups in total. The van der Waals surface area contributed by atoms with Crippen molar-refractivity contribution in [1.29, 1.82) is 0 Å². The second kappa shape index (κ2) is 2.54. The van der Waals surface area contributed by atoms with Gasteiger partial charge in [-0.05, 0) is 30.6 Å². The molecular formula is C9H19N. The Kier molecular flexibility index (Phi) is 2.04. The molecule has 0 aliphatic heterocycles. The van der Waals surface area contributed by atoms with E-state index in [0.29, 0.717) is 11.5 Å². The summed E-state index contributed by atoms with van der Waals surface area (Å²) >= 11 is 0. The highest BCUT2D eigenvalue weighted by molar-refractivity contribution is 4.84. The summed E-state index contributed by atoms with van der Waals surface area (Å²) in [4.78, 5) is 0. The predicted octanol–water partition coefficient (Wildman–Crippen LogP) is 2.16. The van der Waals surface area contributed by atoms with Gasteiger partial charge in [-0.3, -0.25) is 0 Å². The molecule has 0 aromatic carbocycles. The molecule has 0 spiro atoms. The van der Waals surface area contributed by atoms with Gasteiger partial charge in [-0.2, -0.15) is 0 Å². The molecule has 10 heavy (non-hydrogen) atoms. The summed E-state index contributed by atoms with van der Waals surface area (Å²) in [5.74, 6) is 0.863. The fraction of sp³-hybridized carbons (Fsp3) is 1.00. The highest BCUT2D eigenvalue weighted by Gasteiger charge is 2.30. The molecule has 0 saturated heterocycles. The second-order valence-electron chi connectivity index (χ2n) is 4.64. The predicted molar refractivity (Wildman–Crippen MR) is 44.8 cm³/mol. The molecule has 1 aliphatic rings. The highest BCUT2D eigenvalue weighted by atomic mass is 14.7. The summed E-state index contributed by atoms with van der Waals surface area (Å²) in [7, 11) is 0. The van der Waals surface area contributed by atoms with E-state index in [1.54, 1.807) is 0 Å². The van der Waals surface area contributed by atoms with Crippen LogP contribution in [0.15, 0.2) is 0 Å². The Bertz CT molecular complexity index is 112. The van der Waals surface area contributed by atoms with Gasteiger partial charge in [0.25, 0.3) is 0 Å². The van der Waals surface area contributed by atoms with Crippen molar-refractivity contribution >= 4 is 0 Å². The van der Waals surface area contributed by atoms with Crippen LogP contribution < -0.4 is 5.73 Å². The maximum Gasteiger partial charge on any atom is 0.00417 e. The molecule has 0 radical (unpaired) electrons. The fourth-order valence-electron chi connectivity index (χ4n) is 1.80. The zero-order chi connectivity index (χ0) is 7.78. The van der Waals surface area contributed by atoms with Gasteiger partial charge in [0.15, 0.2) is 0 Å². The van der Waals surface area contributed by atoms with Crippen molar-refractivity contribution in [3.05, 3.63) is 0 Å². The van der Waals surface area contributed by atoms with E-state index < -0.39 is 0 Å². The SMILES string of the molecule is CC(C)(C)C1CC[C@H](N)C1. The highest BCUT2D eigenvalue weighted by Crippen LogP contribution is 2.38. The summed E-state index contributed by atoms with van der Waals surface area (Å²) in [5, 5.41) is 0. The van der Waals surface area contributed by atoms with Gasteiger partial charge < -0.3 is 5.73 Å². The lowest BCUT2D eigenvalue weighted by atomic mass is 9.80. The summed E-state index contributed by atoms with van der Waals surface area (Å²) in [6, 6.07) is 0.490. The quantitative estimate of drug-likeness (QED) is 0.549. The standard InChI is InChI=1S/C9H19N/c1-9(2,3)7-4-5-8(10)6-7/h7-8H,4-6,10H2,1-3H3/t7?,8-/m0/s1. The molecule has 60 valence electrons. The number of nitrogens with two attached hydrogens (primary N) is 1. The Labute approximate surface area is 64.0 Å². The minimum absolute atomic E-state index is 0.480. The van der Waals surface area contributed by atoms with Gasteiger partial charge in [-0.15, -0.1) is 0 Å². The van der Waals surface area contributed by atoms with E-state index in [1.807, 2.05) is 0 Å². The van der Waals surface area contributed by atoms with Crippen LogP contribution >= 0.6 is 0 Å². The molecule has 1 nitrogen and oxygen atoms in total. The average Bonchev–Trinajstić information content (AvgIpc) is 2.11. The second-order valence-corrected chi connectivity index (χ2v) is 4.64. The van der Waals surface area contributed by atoms with Crippen LogP contribution in [0.3, 0.4) is 0 Å². The van der Waals surface area contributed by atoms with Crippen molar-refractivity contribution in [1.82, 2.24) is 0 Å². The van der Waals surface area contributed by atoms with Gasteiger partial charge in [0.05, 0.1) is 0 Å². The van der Waals surface area contributed by atoms with Crippen molar-refractivity contribution < 1.29 is 0 Å². The zero-order valence-corrected chi connectivity index (χ0v) is 7.35. The molecule has 1 rings (SSSR count). The van der Waals surface area contributed by atoms with Crippen LogP contribution in [0.5, 0.6) is 0 Å². The monoisotopic (exact) mass is 141 g/mol. The lowest BCUT2D eigenvalue weighted by molar-refractivity contribution is 0.244. The Hall–Kier alpha value is -0.0400. The summed E-state index contributed by atoms with van der Waals surface area (Å²) < 4.78 is 0. The molecule has 1 unspecified atom stereocenters. The minimum Gasteiger partial charge on any atom is -0.328 e. The van der Waals surface area contributed by atoms with E-state index >= 15 is 0 Å². The summed E-state index contributed by atoms with van der Waals surface area (Å²) in [6.07, 6.45) is 3.82. The fourth-order valence-corrected chi connectivity index (χ4v) is 1.80. The molecule has 1 heteroatoms. The van der Waals surface area contributed by atoms with Crippen LogP contribution in [0.2, 0.25) is 0 Å². The summed E-state index contributed by atoms with van der Waals surface area (Å²) in [5.41, 5.74) is 6.30. The molecular weight excluding hydrogens is 122 g/mol. The number of hydrogen-bond donors (Lipinski definition) is 1. The zero-order valence-electron chi connectivity index (χ0n) is 7.35. The van der Waals surface area contributed by atoms with Gasteiger partial charge in [0, 0.05) is 6.04 Å². The van der Waals surface area contributed by atoms with E-state index in [2.05, 4.69) is 20.8 Å². The van der Waals surface area contributed by atoms with E-state index in [0.717, 1.165) is 5.92 Å². The normalized spacial score (nSPS) is 34.8. The Morgan fingerprint density at radius 1 is 1.20 bits per heavy atom. The third-order valence-electron chi connectivity index (χ3n) is 2.70. The minimum atomic E-state index is 0.480. The van der Waals surface area contributed by atoms with Crippen molar-refractivity contribution in [3.8, 4) is 0 Å². The molecule has 0 amide bonds. The van der Waals surface area contributed by atoms with Gasteiger partial charge in [0.1, 0.15) is 0 Å². The van der Waals surface area contributed by atoms with Crippen LogP contribution in [-0.2, 0) is 0 Å². The largest absolute Gasteiger partial charge is 0.328 e. The van der Waals surface area contributed by atoms with Gasteiger partial charge in [-0.1, -0.05) is 20.8 Å². The van der Waals surface area contributed by atoms with Crippen molar-refractivity contribution in [3.63, 3.8) is 0 Å². The third kappa shape index (κ3) is 1.72. The van der Waals surface area contributed by atoms with E-state index in [9.17, 15) is 0 Å². The average molecular weight is 141 g/mol. The van der Waals surface area contributed by atoms with Gasteiger partial charge >= 0.3 is 0 Å². The van der Waals surface area contributed by atoms with Gasteiger partial charge in [0.2, 0.25) is 0 Å². The van der Waals surface area contributed by atoms with Crippen LogP contribution in [0, 0.1) is 11.3 Å². The Morgan fingerprint density at radius 3 is 2.00 bits per heavy atom. The van der Waals surface area contributed by atoms with Crippen LogP contribution in [0.1, 0.15) is 40.0 Å². The molecule has 1 saturated carbocycles. The molecule has 2 atom stereocenters. The third-order valence-corrected chi connectivity index (χ3v) is 2.70. The first kappa shape index (κ1) is 8.06. The molecule has 0 heterocycles. The van der Waals surface area contributed by atoms with Crippen molar-refractivity contribution in [2.45, 2.75) is 46.1 Å². The molecule has 0 aromatic heterocycles. The molecule has 1 fully saturated rings. The van der Waals surface area contributed by atoms with Crippen LogP contribution in [0.4, 0.5) is 0 Å². The maximum absolute atomic E-state index is 5.82.